The van der Waals surface area contributed by atoms with Crippen LogP contribution in [0.5, 0.6) is 0 Å². The van der Waals surface area contributed by atoms with E-state index >= 15 is 0 Å². The lowest BCUT2D eigenvalue weighted by Gasteiger charge is -1.88. The quantitative estimate of drug-likeness (QED) is 0.730. The first-order chi connectivity index (χ1) is 6.90. The Morgan fingerprint density at radius 2 is 2.43 bits per heavy atom. The first-order valence-corrected chi connectivity index (χ1v) is 4.42. The summed E-state index contributed by atoms with van der Waals surface area (Å²) in [6.45, 7) is 0.623. The van der Waals surface area contributed by atoms with Crippen LogP contribution in [-0.4, -0.2) is 26.7 Å². The SMILES string of the molecule is NCCCc1nc(-c2ncc[nH]2)no1. The molecule has 0 aliphatic heterocycles. The molecule has 6 heteroatoms. The fourth-order valence-corrected chi connectivity index (χ4v) is 1.09. The lowest BCUT2D eigenvalue weighted by Crippen LogP contribution is -2.00. The van der Waals surface area contributed by atoms with Gasteiger partial charge in [-0.05, 0) is 13.0 Å². The number of nitrogens with one attached hydrogen (secondary N) is 1. The topological polar surface area (TPSA) is 93.6 Å². The molecule has 0 saturated heterocycles. The van der Waals surface area contributed by atoms with Crippen LogP contribution in [-0.2, 0) is 6.42 Å². The van der Waals surface area contributed by atoms with Gasteiger partial charge in [-0.3, -0.25) is 0 Å². The van der Waals surface area contributed by atoms with Gasteiger partial charge < -0.3 is 15.2 Å². The van der Waals surface area contributed by atoms with Gasteiger partial charge in [0.05, 0.1) is 0 Å². The second kappa shape index (κ2) is 4.01. The van der Waals surface area contributed by atoms with Gasteiger partial charge in [-0.15, -0.1) is 0 Å². The fraction of sp³-hybridized carbons (Fsp3) is 0.375. The highest BCUT2D eigenvalue weighted by molar-refractivity contribution is 5.40. The van der Waals surface area contributed by atoms with Crippen LogP contribution in [0.2, 0.25) is 0 Å². The second-order valence-corrected chi connectivity index (χ2v) is 2.84. The van der Waals surface area contributed by atoms with Crippen LogP contribution in [0, 0.1) is 0 Å². The molecule has 0 bridgehead atoms. The third-order valence-electron chi connectivity index (χ3n) is 1.77. The molecule has 0 saturated carbocycles. The number of nitrogens with zero attached hydrogens (tertiary/aromatic N) is 3. The number of imidazole rings is 1. The third kappa shape index (κ3) is 1.80. The molecule has 0 atom stereocenters. The highest BCUT2D eigenvalue weighted by Crippen LogP contribution is 2.10. The molecule has 0 aliphatic carbocycles. The van der Waals surface area contributed by atoms with Gasteiger partial charge in [-0.2, -0.15) is 4.98 Å². The van der Waals surface area contributed by atoms with Crippen molar-refractivity contribution in [3.8, 4) is 11.6 Å². The largest absolute Gasteiger partial charge is 0.342 e. The number of hydrogen-bond donors (Lipinski definition) is 2. The minimum absolute atomic E-state index is 0.488. The standard InChI is InChI=1S/C8H11N5O/c9-3-1-2-6-12-8(13-14-6)7-10-4-5-11-7/h4-5H,1-3,9H2,(H,10,11). The highest BCUT2D eigenvalue weighted by Gasteiger charge is 2.09. The smallest absolute Gasteiger partial charge is 0.238 e. The van der Waals surface area contributed by atoms with Gasteiger partial charge in [0, 0.05) is 18.8 Å². The molecular formula is C8H11N5O. The van der Waals surface area contributed by atoms with Crippen molar-refractivity contribution in [2.75, 3.05) is 6.54 Å². The lowest BCUT2D eigenvalue weighted by molar-refractivity contribution is 0.376. The van der Waals surface area contributed by atoms with E-state index in [1.165, 1.54) is 0 Å². The summed E-state index contributed by atoms with van der Waals surface area (Å²) in [5, 5.41) is 3.79. The van der Waals surface area contributed by atoms with Gasteiger partial charge in [0.15, 0.2) is 5.82 Å². The van der Waals surface area contributed by atoms with Crippen LogP contribution in [0.4, 0.5) is 0 Å². The van der Waals surface area contributed by atoms with E-state index in [9.17, 15) is 0 Å². The van der Waals surface area contributed by atoms with Gasteiger partial charge in [0.1, 0.15) is 0 Å². The Morgan fingerprint density at radius 1 is 1.50 bits per heavy atom. The molecule has 6 nitrogen and oxygen atoms in total. The summed E-state index contributed by atoms with van der Waals surface area (Å²) < 4.78 is 5.01. The first-order valence-electron chi connectivity index (χ1n) is 4.42. The van der Waals surface area contributed by atoms with Gasteiger partial charge in [0.25, 0.3) is 0 Å². The lowest BCUT2D eigenvalue weighted by atomic mass is 10.3. The monoisotopic (exact) mass is 193 g/mol. The van der Waals surface area contributed by atoms with Gasteiger partial charge >= 0.3 is 0 Å². The average Bonchev–Trinajstić information content (AvgIpc) is 2.85. The zero-order chi connectivity index (χ0) is 9.80. The van der Waals surface area contributed by atoms with E-state index in [4.69, 9.17) is 10.3 Å². The number of aromatic nitrogens is 4. The molecule has 2 aromatic heterocycles. The van der Waals surface area contributed by atoms with Crippen LogP contribution in [0.15, 0.2) is 16.9 Å². The number of rotatable bonds is 4. The summed E-state index contributed by atoms with van der Waals surface area (Å²) in [7, 11) is 0. The van der Waals surface area contributed by atoms with E-state index < -0.39 is 0 Å². The van der Waals surface area contributed by atoms with E-state index in [-0.39, 0.29) is 0 Å². The van der Waals surface area contributed by atoms with Crippen LogP contribution >= 0.6 is 0 Å². The highest BCUT2D eigenvalue weighted by atomic mass is 16.5. The molecule has 3 N–H and O–H groups in total. The summed E-state index contributed by atoms with van der Waals surface area (Å²) in [5.74, 6) is 1.71. The van der Waals surface area contributed by atoms with Gasteiger partial charge in [-0.25, -0.2) is 4.98 Å². The molecule has 0 aliphatic rings. The van der Waals surface area contributed by atoms with Crippen molar-refractivity contribution in [2.24, 2.45) is 5.73 Å². The third-order valence-corrected chi connectivity index (χ3v) is 1.77. The molecule has 2 aromatic rings. The van der Waals surface area contributed by atoms with Crippen molar-refractivity contribution >= 4 is 0 Å². The summed E-state index contributed by atoms with van der Waals surface area (Å²) in [6, 6.07) is 0. The van der Waals surface area contributed by atoms with Gasteiger partial charge in [0.2, 0.25) is 11.7 Å². The zero-order valence-corrected chi connectivity index (χ0v) is 7.60. The molecule has 0 radical (unpaired) electrons. The molecule has 14 heavy (non-hydrogen) atoms. The van der Waals surface area contributed by atoms with Crippen molar-refractivity contribution in [2.45, 2.75) is 12.8 Å². The maximum atomic E-state index is 5.37. The van der Waals surface area contributed by atoms with Crippen LogP contribution in [0.1, 0.15) is 12.3 Å². The van der Waals surface area contributed by atoms with Crippen molar-refractivity contribution in [3.05, 3.63) is 18.3 Å². The summed E-state index contributed by atoms with van der Waals surface area (Å²) in [4.78, 5) is 11.1. The average molecular weight is 193 g/mol. The first kappa shape index (κ1) is 8.89. The predicted molar refractivity (Wildman–Crippen MR) is 49.3 cm³/mol. The minimum atomic E-state index is 0.488. The van der Waals surface area contributed by atoms with Crippen molar-refractivity contribution < 1.29 is 4.52 Å². The number of aryl methyl sites for hydroxylation is 1. The Kier molecular flexibility index (Phi) is 2.55. The Morgan fingerprint density at radius 3 is 3.14 bits per heavy atom. The molecule has 74 valence electrons. The van der Waals surface area contributed by atoms with E-state index in [0.717, 1.165) is 6.42 Å². The molecular weight excluding hydrogens is 182 g/mol. The van der Waals surface area contributed by atoms with Crippen LogP contribution < -0.4 is 5.73 Å². The summed E-state index contributed by atoms with van der Waals surface area (Å²) in [6.07, 6.45) is 4.92. The van der Waals surface area contributed by atoms with E-state index in [2.05, 4.69) is 20.1 Å². The van der Waals surface area contributed by atoms with Crippen molar-refractivity contribution in [3.63, 3.8) is 0 Å². The van der Waals surface area contributed by atoms with Crippen molar-refractivity contribution in [1.82, 2.24) is 20.1 Å². The molecule has 2 rings (SSSR count). The second-order valence-electron chi connectivity index (χ2n) is 2.84. The summed E-state index contributed by atoms with van der Waals surface area (Å²) in [5.41, 5.74) is 5.37. The fourth-order valence-electron chi connectivity index (χ4n) is 1.09. The Bertz CT molecular complexity index is 380. The van der Waals surface area contributed by atoms with Crippen LogP contribution in [0.25, 0.3) is 11.6 Å². The van der Waals surface area contributed by atoms with E-state index in [1.54, 1.807) is 12.4 Å². The molecule has 0 spiro atoms. The maximum absolute atomic E-state index is 5.37. The predicted octanol–water partition coefficient (Wildman–Crippen LogP) is 0.351. The molecule has 0 aromatic carbocycles. The number of nitrogens with two attached hydrogens (primary N) is 1. The summed E-state index contributed by atoms with van der Waals surface area (Å²) >= 11 is 0. The van der Waals surface area contributed by atoms with E-state index in [0.29, 0.717) is 30.5 Å². The van der Waals surface area contributed by atoms with Crippen LogP contribution in [0.3, 0.4) is 0 Å². The van der Waals surface area contributed by atoms with Crippen molar-refractivity contribution in [1.29, 1.82) is 0 Å². The molecule has 0 fully saturated rings. The number of hydrogen-bond acceptors (Lipinski definition) is 5. The number of aromatic amines is 1. The zero-order valence-electron chi connectivity index (χ0n) is 7.60. The normalized spacial score (nSPS) is 10.6. The maximum Gasteiger partial charge on any atom is 0.238 e. The minimum Gasteiger partial charge on any atom is -0.342 e. The van der Waals surface area contributed by atoms with E-state index in [1.807, 2.05) is 0 Å². The molecule has 0 amide bonds. The molecule has 2 heterocycles. The van der Waals surface area contributed by atoms with Gasteiger partial charge in [-0.1, -0.05) is 5.16 Å². The Hall–Kier alpha value is -1.69. The Labute approximate surface area is 80.5 Å². The Balaban J connectivity index is 2.10. The molecule has 0 unspecified atom stereocenters. The number of H-pyrrole nitrogens is 1.